The summed E-state index contributed by atoms with van der Waals surface area (Å²) in [7, 11) is -31.6. The van der Waals surface area contributed by atoms with Crippen LogP contribution in [0.15, 0.2) is 102 Å². The van der Waals surface area contributed by atoms with Crippen LogP contribution in [-0.2, 0) is 60.7 Å². The van der Waals surface area contributed by atoms with Gasteiger partial charge in [0, 0.05) is 24.5 Å². The molecule has 0 saturated heterocycles. The number of aromatic nitrogens is 6. The summed E-state index contributed by atoms with van der Waals surface area (Å²) in [6.07, 6.45) is 1.96. The molecule has 0 radical (unpaired) electrons. The minimum absolute atomic E-state index is 0.180. The molecule has 0 aliphatic rings. The number of nitrogens with one attached hydrogen (secondary N) is 6. The molecule has 6 aromatic rings. The van der Waals surface area contributed by atoms with E-state index in [2.05, 4.69) is 61.8 Å². The molecule has 30 nitrogen and oxygen atoms in total. The van der Waals surface area contributed by atoms with Crippen LogP contribution in [0.4, 0.5) is 58.4 Å². The molecule has 6 N–H and O–H groups in total. The molecule has 0 aliphatic heterocycles. The van der Waals surface area contributed by atoms with E-state index in [4.69, 9.17) is 0 Å². The second kappa shape index (κ2) is 20.6. The molecule has 0 bridgehead atoms. The van der Waals surface area contributed by atoms with Crippen molar-refractivity contribution in [3.8, 4) is 0 Å². The predicted octanol–water partition coefficient (Wildman–Crippen LogP) is 1.49. The van der Waals surface area contributed by atoms with Gasteiger partial charge >= 0.3 is 0 Å². The first kappa shape index (κ1) is 54.2. The predicted molar refractivity (Wildman–Crippen MR) is 244 cm³/mol. The van der Waals surface area contributed by atoms with Gasteiger partial charge in [-0.05, 0) is 85.6 Å². The Morgan fingerprint density at radius 1 is 0.375 bits per heavy atom. The smallest absolute Gasteiger partial charge is 0.233 e. The Hall–Kier alpha value is -7.10. The van der Waals surface area contributed by atoms with Gasteiger partial charge in [-0.25, -0.2) is 50.5 Å². The van der Waals surface area contributed by atoms with Crippen molar-refractivity contribution in [1.29, 1.82) is 0 Å². The number of hydrogen-bond acceptors (Lipinski definition) is 30. The topological polar surface area (TPSA) is 493 Å². The molecule has 4 aromatic carbocycles. The molecule has 0 fully saturated rings. The van der Waals surface area contributed by atoms with E-state index < -0.39 is 125 Å². The molecule has 0 aliphatic carbocycles. The summed E-state index contributed by atoms with van der Waals surface area (Å²) in [6.45, 7) is 3.60. The summed E-state index contributed by atoms with van der Waals surface area (Å²) >= 11 is 0. The summed E-state index contributed by atoms with van der Waals surface area (Å²) in [5.74, 6) is -2.37. The zero-order chi connectivity index (χ0) is 53.2. The average molecular weight is 1110 g/mol. The second-order valence-corrected chi connectivity index (χ2v) is 22.2. The third kappa shape index (κ3) is 13.9. The van der Waals surface area contributed by atoms with Gasteiger partial charge in [0.05, 0.1) is 40.7 Å². The number of nitrogens with zero attached hydrogens (tertiary/aromatic N) is 6. The summed E-state index contributed by atoms with van der Waals surface area (Å²) in [5, 5.41) is 15.3. The normalized spacial score (nSPS) is 12.6. The van der Waals surface area contributed by atoms with Crippen LogP contribution in [-0.4, -0.2) is 121 Å². The van der Waals surface area contributed by atoms with Crippen LogP contribution in [0.3, 0.4) is 0 Å². The van der Waals surface area contributed by atoms with Gasteiger partial charge in [-0.1, -0.05) is 24.3 Å². The summed E-state index contributed by atoms with van der Waals surface area (Å²) in [4.78, 5) is 18.5. The summed E-state index contributed by atoms with van der Waals surface area (Å²) in [5.41, 5.74) is -2.49. The van der Waals surface area contributed by atoms with E-state index in [0.717, 1.165) is 36.4 Å². The molecule has 384 valence electrons. The van der Waals surface area contributed by atoms with Crippen molar-refractivity contribution in [1.82, 2.24) is 29.9 Å². The van der Waals surface area contributed by atoms with E-state index in [0.29, 0.717) is 36.4 Å². The van der Waals surface area contributed by atoms with E-state index in [1.807, 2.05) is 0 Å². The van der Waals surface area contributed by atoms with Gasteiger partial charge in [-0.15, -0.1) is 0 Å². The number of hydrogen-bond donors (Lipinski definition) is 6. The Labute approximate surface area is 409 Å². The van der Waals surface area contributed by atoms with Crippen LogP contribution >= 0.6 is 0 Å². The van der Waals surface area contributed by atoms with E-state index in [1.54, 1.807) is 13.8 Å². The monoisotopic (exact) mass is 1110 g/mol. The Morgan fingerprint density at radius 2 is 0.681 bits per heavy atom. The fourth-order valence-electron chi connectivity index (χ4n) is 6.02. The van der Waals surface area contributed by atoms with Gasteiger partial charge in [0.2, 0.25) is 35.7 Å². The third-order valence-corrected chi connectivity index (χ3v) is 14.2. The maximum Gasteiger partial charge on any atom is 0.233 e. The molecule has 6 rings (SSSR count). The molecule has 0 unspecified atom stereocenters. The lowest BCUT2D eigenvalue weighted by Crippen LogP contribution is -2.11. The lowest BCUT2D eigenvalue weighted by molar-refractivity contribution is 0.459. The Kier molecular flexibility index (Phi) is 15.5. The van der Waals surface area contributed by atoms with Gasteiger partial charge in [0.1, 0.15) is 60.7 Å². The van der Waals surface area contributed by atoms with Crippen molar-refractivity contribution in [3.05, 3.63) is 83.9 Å². The standard InChI is InChI=1S/C36H36N12O18S6/c1-3-37-31-43-33(47-35(45-31)41-25-17-23(67(49,50)51)11-13-27(25)69(55,56)57)39-21-9-7-19(29(15-21)71(61,62)63)5-6-20-8-10-22(16-30(20)72(64,65)66)40-34-44-32(38-4-2)46-36(48-34)42-26-18-24(68(52,53)54)12-14-28(26)70(58,59)60/h5-18H,3-4H2,1-2H3,(H,49,50,51)(H,52,53,54)(H,55,56,57)(H,58,59,60)(H,61,62,63)(H,64,65,66)(H3,37,39,41,43,45,47)(H3,38,40,42,44,46,48)/p-6. The van der Waals surface area contributed by atoms with Crippen LogP contribution in [0.5, 0.6) is 0 Å². The molecule has 0 amide bonds. The average Bonchev–Trinajstić information content (AvgIpc) is 3.24. The van der Waals surface area contributed by atoms with Crippen molar-refractivity contribution < 1.29 is 77.8 Å². The van der Waals surface area contributed by atoms with Crippen LogP contribution < -0.4 is 31.9 Å². The Bertz CT molecular complexity index is 3620. The minimum atomic E-state index is -5.37. The third-order valence-electron chi connectivity index (χ3n) is 8.97. The van der Waals surface area contributed by atoms with Gasteiger partial charge < -0.3 is 59.2 Å². The number of rotatable bonds is 20. The molecule has 72 heavy (non-hydrogen) atoms. The van der Waals surface area contributed by atoms with E-state index >= 15 is 0 Å². The molecule has 2 aromatic heterocycles. The molecule has 0 saturated carbocycles. The molecular formula is C36H30N12O18S6-6. The molecule has 0 atom stereocenters. The minimum Gasteiger partial charge on any atom is -0.744 e. The second-order valence-electron chi connectivity index (χ2n) is 14.1. The Balaban J connectivity index is 1.32. The van der Waals surface area contributed by atoms with Crippen molar-refractivity contribution in [2.45, 2.75) is 43.2 Å². The van der Waals surface area contributed by atoms with E-state index in [-0.39, 0.29) is 47.5 Å². The maximum atomic E-state index is 12.6. The zero-order valence-electron chi connectivity index (χ0n) is 36.0. The molecule has 36 heteroatoms. The summed E-state index contributed by atoms with van der Waals surface area (Å²) in [6, 6.07) is 9.63. The lowest BCUT2D eigenvalue weighted by Gasteiger charge is -2.17. The van der Waals surface area contributed by atoms with Crippen LogP contribution in [0, 0.1) is 0 Å². The van der Waals surface area contributed by atoms with Crippen LogP contribution in [0.25, 0.3) is 12.2 Å². The molecular weight excluding hydrogens is 1080 g/mol. The van der Waals surface area contributed by atoms with Crippen molar-refractivity contribution in [2.75, 3.05) is 45.0 Å². The van der Waals surface area contributed by atoms with Gasteiger partial charge in [-0.3, -0.25) is 0 Å². The van der Waals surface area contributed by atoms with Crippen molar-refractivity contribution >= 4 is 131 Å². The van der Waals surface area contributed by atoms with E-state index in [9.17, 15) is 77.8 Å². The highest BCUT2D eigenvalue weighted by molar-refractivity contribution is 7.87. The van der Waals surface area contributed by atoms with Crippen molar-refractivity contribution in [2.24, 2.45) is 0 Å². The van der Waals surface area contributed by atoms with Gasteiger partial charge in [0.15, 0.2) is 0 Å². The van der Waals surface area contributed by atoms with Gasteiger partial charge in [-0.2, -0.15) is 29.9 Å². The highest BCUT2D eigenvalue weighted by atomic mass is 32.2. The quantitative estimate of drug-likeness (QED) is 0.0466. The molecule has 0 spiro atoms. The van der Waals surface area contributed by atoms with Crippen LogP contribution in [0.2, 0.25) is 0 Å². The first-order chi connectivity index (χ1) is 33.3. The first-order valence-electron chi connectivity index (χ1n) is 19.4. The number of benzene rings is 4. The highest BCUT2D eigenvalue weighted by Crippen LogP contribution is 2.32. The highest BCUT2D eigenvalue weighted by Gasteiger charge is 2.19. The lowest BCUT2D eigenvalue weighted by atomic mass is 10.1. The van der Waals surface area contributed by atoms with E-state index in [1.165, 1.54) is 12.1 Å². The Morgan fingerprint density at radius 3 is 0.972 bits per heavy atom. The molecule has 2 heterocycles. The van der Waals surface area contributed by atoms with Crippen LogP contribution in [0.1, 0.15) is 25.0 Å². The number of anilines is 10. The summed E-state index contributed by atoms with van der Waals surface area (Å²) < 4.78 is 217. The SMILES string of the molecule is CCNc1nc(Nc2ccc(C=Cc3ccc(Nc4nc(NCC)nc(Nc5cc(S(=O)(=O)[O-])ccc5S(=O)(=O)[O-])n4)cc3S(=O)(=O)[O-])c(S(=O)(=O)[O-])c2)nc(Nc2cc(S(=O)(=O)[O-])ccc2S(=O)(=O)[O-])n1. The first-order valence-corrected chi connectivity index (χ1v) is 27.8. The van der Waals surface area contributed by atoms with Gasteiger partial charge in [0.25, 0.3) is 0 Å². The maximum absolute atomic E-state index is 12.6. The fourth-order valence-corrected chi connectivity index (χ4v) is 9.64. The zero-order valence-corrected chi connectivity index (χ0v) is 40.9. The van der Waals surface area contributed by atoms with Crippen molar-refractivity contribution in [3.63, 3.8) is 0 Å². The fraction of sp³-hybridized carbons (Fsp3) is 0.111. The largest absolute Gasteiger partial charge is 0.744 e.